The van der Waals surface area contributed by atoms with E-state index >= 15 is 0 Å². The quantitative estimate of drug-likeness (QED) is 0.514. The molecule has 2 N–H and O–H groups in total. The monoisotopic (exact) mass is 546 g/mol. The number of methoxy groups -OCH3 is 2. The second-order valence-corrected chi connectivity index (χ2v) is 12.3. The lowest BCUT2D eigenvalue weighted by Crippen LogP contribution is -2.78. The number of ether oxygens (including phenoxy) is 3. The fourth-order valence-electron chi connectivity index (χ4n) is 8.26. The molecule has 1 amide bonds. The van der Waals surface area contributed by atoms with E-state index in [1.165, 1.54) is 12.8 Å². The van der Waals surface area contributed by atoms with E-state index in [1.54, 1.807) is 37.3 Å². The third kappa shape index (κ3) is 3.54. The van der Waals surface area contributed by atoms with Crippen molar-refractivity contribution < 1.29 is 29.2 Å². The number of phenols is 1. The van der Waals surface area contributed by atoms with Crippen molar-refractivity contribution in [2.45, 2.75) is 67.7 Å². The molecule has 1 spiro atoms. The van der Waals surface area contributed by atoms with Crippen LogP contribution in [-0.2, 0) is 16.6 Å². The van der Waals surface area contributed by atoms with Crippen LogP contribution >= 0.6 is 0 Å². The maximum absolute atomic E-state index is 13.5. The van der Waals surface area contributed by atoms with Gasteiger partial charge in [-0.15, -0.1) is 0 Å². The summed E-state index contributed by atoms with van der Waals surface area (Å²) in [4.78, 5) is 17.8. The van der Waals surface area contributed by atoms with E-state index < -0.39 is 17.1 Å². The number of hydrogen-bond donors (Lipinski definition) is 2. The van der Waals surface area contributed by atoms with Gasteiger partial charge in [0.2, 0.25) is 5.91 Å². The SMILES string of the molecule is COc1ccc(C=CC(=O)N(C)[C@@H]2CC[C@@]3(O)[C@H]4Cc5ccc(O)c6c5[C@@]3(CCN4CC3CC3)[C@H]2O6)cc1OC. The summed E-state index contributed by atoms with van der Waals surface area (Å²) in [6.07, 6.45) is 8.21. The molecule has 5 aliphatic rings. The lowest BCUT2D eigenvalue weighted by Gasteiger charge is -2.64. The number of aromatic hydroxyl groups is 1. The summed E-state index contributed by atoms with van der Waals surface area (Å²) >= 11 is 0. The highest BCUT2D eigenvalue weighted by molar-refractivity contribution is 5.92. The zero-order valence-corrected chi connectivity index (χ0v) is 23.4. The van der Waals surface area contributed by atoms with Gasteiger partial charge in [0, 0.05) is 31.3 Å². The molecule has 0 unspecified atom stereocenters. The third-order valence-electron chi connectivity index (χ3n) is 10.4. The van der Waals surface area contributed by atoms with Crippen LogP contribution in [0.1, 0.15) is 48.8 Å². The van der Waals surface area contributed by atoms with Gasteiger partial charge in [-0.3, -0.25) is 9.69 Å². The average molecular weight is 547 g/mol. The Labute approximate surface area is 235 Å². The van der Waals surface area contributed by atoms with Crippen molar-refractivity contribution in [3.05, 3.63) is 53.1 Å². The van der Waals surface area contributed by atoms with Crippen LogP contribution in [0.3, 0.4) is 0 Å². The normalized spacial score (nSPS) is 31.9. The van der Waals surface area contributed by atoms with Crippen LogP contribution in [-0.4, -0.2) is 84.1 Å². The van der Waals surface area contributed by atoms with Gasteiger partial charge >= 0.3 is 0 Å². The zero-order chi connectivity index (χ0) is 27.8. The van der Waals surface area contributed by atoms with E-state index in [9.17, 15) is 15.0 Å². The first-order valence-corrected chi connectivity index (χ1v) is 14.5. The third-order valence-corrected chi connectivity index (χ3v) is 10.4. The lowest BCUT2D eigenvalue weighted by atomic mass is 9.48. The second kappa shape index (κ2) is 9.14. The fourth-order valence-corrected chi connectivity index (χ4v) is 8.26. The Balaban J connectivity index is 1.21. The van der Waals surface area contributed by atoms with Crippen LogP contribution in [0.5, 0.6) is 23.0 Å². The Hall–Kier alpha value is -3.23. The largest absolute Gasteiger partial charge is 0.504 e. The Bertz CT molecular complexity index is 1390. The molecule has 3 fully saturated rings. The minimum absolute atomic E-state index is 0.0165. The van der Waals surface area contributed by atoms with Crippen molar-refractivity contribution in [2.75, 3.05) is 34.4 Å². The Morgan fingerprint density at radius 1 is 1.15 bits per heavy atom. The second-order valence-electron chi connectivity index (χ2n) is 12.3. The summed E-state index contributed by atoms with van der Waals surface area (Å²) in [6, 6.07) is 9.04. The first-order chi connectivity index (χ1) is 19.3. The summed E-state index contributed by atoms with van der Waals surface area (Å²) in [7, 11) is 5.00. The van der Waals surface area contributed by atoms with E-state index in [2.05, 4.69) is 4.90 Å². The molecule has 2 heterocycles. The number of hydrogen-bond acceptors (Lipinski definition) is 7. The number of likely N-dealkylation sites (N-methyl/N-ethyl adjacent to an activating group) is 1. The number of rotatable bonds is 7. The van der Waals surface area contributed by atoms with E-state index in [0.29, 0.717) is 30.1 Å². The van der Waals surface area contributed by atoms with Crippen LogP contribution in [0.4, 0.5) is 0 Å². The van der Waals surface area contributed by atoms with Crippen molar-refractivity contribution in [3.8, 4) is 23.0 Å². The number of phenolic OH excluding ortho intramolecular Hbond substituents is 1. The smallest absolute Gasteiger partial charge is 0.246 e. The summed E-state index contributed by atoms with van der Waals surface area (Å²) in [5, 5.41) is 23.5. The highest BCUT2D eigenvalue weighted by atomic mass is 16.5. The molecule has 8 heteroatoms. The van der Waals surface area contributed by atoms with Crippen LogP contribution in [0.15, 0.2) is 36.4 Å². The van der Waals surface area contributed by atoms with Crippen molar-refractivity contribution >= 4 is 12.0 Å². The number of likely N-dealkylation sites (tertiary alicyclic amines) is 1. The molecule has 8 nitrogen and oxygen atoms in total. The number of piperidine rings is 1. The highest BCUT2D eigenvalue weighted by Gasteiger charge is 2.73. The molecule has 2 aliphatic heterocycles. The molecule has 3 aliphatic carbocycles. The molecule has 5 atom stereocenters. The standard InChI is InChI=1S/C32H38N2O6/c1-33(27(36)11-7-19-6-10-24(38-2)25(16-19)39-3)22-12-13-32(37)26-17-21-8-9-23(35)29-28(21)31(32,30(22)40-29)14-15-34(26)18-20-4-5-20/h6-11,16,20,22,26,30,35,37H,4-5,12-15,17-18H2,1-3H3/t22-,26-,30+,31+,32-/m1/s1. The van der Waals surface area contributed by atoms with Gasteiger partial charge in [-0.05, 0) is 86.4 Å². The number of carbonyl (C=O) groups is 1. The summed E-state index contributed by atoms with van der Waals surface area (Å²) in [5.41, 5.74) is 1.35. The van der Waals surface area contributed by atoms with Gasteiger partial charge in [-0.25, -0.2) is 0 Å². The number of amides is 1. The molecule has 2 aromatic carbocycles. The molecule has 2 bridgehead atoms. The highest BCUT2D eigenvalue weighted by Crippen LogP contribution is 2.66. The molecule has 2 saturated carbocycles. The van der Waals surface area contributed by atoms with Crippen molar-refractivity contribution in [3.63, 3.8) is 0 Å². The molecular weight excluding hydrogens is 508 g/mol. The van der Waals surface area contributed by atoms with Gasteiger partial charge < -0.3 is 29.3 Å². The minimum atomic E-state index is -0.966. The van der Waals surface area contributed by atoms with E-state index in [-0.39, 0.29) is 23.7 Å². The number of nitrogens with zero attached hydrogens (tertiary/aromatic N) is 2. The van der Waals surface area contributed by atoms with Crippen molar-refractivity contribution in [2.24, 2.45) is 5.92 Å². The first kappa shape index (κ1) is 25.7. The average Bonchev–Trinajstić information content (AvgIpc) is 3.71. The van der Waals surface area contributed by atoms with E-state index in [0.717, 1.165) is 48.5 Å². The van der Waals surface area contributed by atoms with Gasteiger partial charge in [0.15, 0.2) is 23.0 Å². The van der Waals surface area contributed by atoms with Gasteiger partial charge in [-0.2, -0.15) is 0 Å². The Morgan fingerprint density at radius 3 is 2.70 bits per heavy atom. The molecule has 212 valence electrons. The minimum Gasteiger partial charge on any atom is -0.504 e. The van der Waals surface area contributed by atoms with Crippen molar-refractivity contribution in [1.29, 1.82) is 0 Å². The number of benzene rings is 2. The van der Waals surface area contributed by atoms with Crippen LogP contribution in [0, 0.1) is 5.92 Å². The first-order valence-electron chi connectivity index (χ1n) is 14.5. The predicted molar refractivity (Wildman–Crippen MR) is 150 cm³/mol. The number of carbonyl (C=O) groups excluding carboxylic acids is 1. The summed E-state index contributed by atoms with van der Waals surface area (Å²) in [6.45, 7) is 1.93. The lowest BCUT2D eigenvalue weighted by molar-refractivity contribution is -0.200. The van der Waals surface area contributed by atoms with Crippen LogP contribution in [0.25, 0.3) is 6.08 Å². The molecule has 0 radical (unpaired) electrons. The van der Waals surface area contributed by atoms with Gasteiger partial charge in [-0.1, -0.05) is 12.1 Å². The Kier molecular flexibility index (Phi) is 5.88. The molecule has 2 aromatic rings. The molecule has 0 aromatic heterocycles. The fraction of sp³-hybridized carbons (Fsp3) is 0.531. The van der Waals surface area contributed by atoms with Gasteiger partial charge in [0.05, 0.1) is 31.3 Å². The molecular formula is C32H38N2O6. The Morgan fingerprint density at radius 2 is 1.95 bits per heavy atom. The molecule has 1 saturated heterocycles. The van der Waals surface area contributed by atoms with Crippen molar-refractivity contribution in [1.82, 2.24) is 9.80 Å². The van der Waals surface area contributed by atoms with E-state index in [1.807, 2.05) is 31.3 Å². The van der Waals surface area contributed by atoms with Gasteiger partial charge in [0.25, 0.3) is 0 Å². The molecule has 7 rings (SSSR count). The van der Waals surface area contributed by atoms with E-state index in [4.69, 9.17) is 14.2 Å². The van der Waals surface area contributed by atoms with Gasteiger partial charge in [0.1, 0.15) is 6.10 Å². The zero-order valence-electron chi connectivity index (χ0n) is 23.4. The molecule has 40 heavy (non-hydrogen) atoms. The van der Waals surface area contributed by atoms with Crippen LogP contribution < -0.4 is 14.2 Å². The maximum atomic E-state index is 13.5. The summed E-state index contributed by atoms with van der Waals surface area (Å²) < 4.78 is 17.3. The predicted octanol–water partition coefficient (Wildman–Crippen LogP) is 3.51. The summed E-state index contributed by atoms with van der Waals surface area (Å²) in [5.74, 6) is 2.45. The number of aliphatic hydroxyl groups is 1. The maximum Gasteiger partial charge on any atom is 0.246 e. The van der Waals surface area contributed by atoms with Crippen LogP contribution in [0.2, 0.25) is 0 Å². The topological polar surface area (TPSA) is 91.7 Å².